The van der Waals surface area contributed by atoms with Gasteiger partial charge in [-0.15, -0.1) is 0 Å². The first-order chi connectivity index (χ1) is 7.79. The molecule has 0 spiro atoms. The van der Waals surface area contributed by atoms with Crippen LogP contribution >= 0.6 is 0 Å². The standard InChI is InChI=1S/C11H18N4O/c1-2-16-11-6-10(13-8-14-11)15-5-3-4-9(12)7-15/h6,8-9H,2-5,7,12H2,1H3/t9-/m0/s1. The predicted octanol–water partition coefficient (Wildman–Crippen LogP) is 0.803. The second kappa shape index (κ2) is 5.12. The fraction of sp³-hybridized carbons (Fsp3) is 0.636. The van der Waals surface area contributed by atoms with Gasteiger partial charge in [-0.2, -0.15) is 0 Å². The molecule has 0 radical (unpaired) electrons. The van der Waals surface area contributed by atoms with Crippen LogP contribution in [0.4, 0.5) is 5.82 Å². The Morgan fingerprint density at radius 3 is 3.19 bits per heavy atom. The van der Waals surface area contributed by atoms with Crippen LogP contribution in [0.15, 0.2) is 12.4 Å². The Kier molecular flexibility index (Phi) is 3.56. The molecule has 1 atom stereocenters. The summed E-state index contributed by atoms with van der Waals surface area (Å²) < 4.78 is 5.36. The summed E-state index contributed by atoms with van der Waals surface area (Å²) in [5.41, 5.74) is 5.94. The van der Waals surface area contributed by atoms with E-state index in [1.807, 2.05) is 13.0 Å². The highest BCUT2D eigenvalue weighted by Crippen LogP contribution is 2.19. The molecule has 16 heavy (non-hydrogen) atoms. The number of nitrogens with two attached hydrogens (primary N) is 1. The van der Waals surface area contributed by atoms with Crippen LogP contribution in [0.25, 0.3) is 0 Å². The van der Waals surface area contributed by atoms with Crippen LogP contribution in [0.3, 0.4) is 0 Å². The molecular formula is C11H18N4O. The first-order valence-electron chi connectivity index (χ1n) is 5.75. The van der Waals surface area contributed by atoms with E-state index in [0.29, 0.717) is 12.5 Å². The lowest BCUT2D eigenvalue weighted by Crippen LogP contribution is -2.43. The molecule has 1 aliphatic heterocycles. The number of hydrogen-bond acceptors (Lipinski definition) is 5. The third kappa shape index (κ3) is 2.61. The van der Waals surface area contributed by atoms with Crippen molar-refractivity contribution in [3.63, 3.8) is 0 Å². The number of nitrogens with zero attached hydrogens (tertiary/aromatic N) is 3. The highest BCUT2D eigenvalue weighted by molar-refractivity contribution is 5.41. The first kappa shape index (κ1) is 11.1. The lowest BCUT2D eigenvalue weighted by molar-refractivity contribution is 0.326. The van der Waals surface area contributed by atoms with E-state index in [1.54, 1.807) is 6.33 Å². The van der Waals surface area contributed by atoms with Gasteiger partial charge in [0.1, 0.15) is 12.1 Å². The van der Waals surface area contributed by atoms with Crippen molar-refractivity contribution in [1.29, 1.82) is 0 Å². The Morgan fingerprint density at radius 2 is 2.44 bits per heavy atom. The van der Waals surface area contributed by atoms with Crippen molar-refractivity contribution in [2.24, 2.45) is 5.73 Å². The Hall–Kier alpha value is -1.36. The maximum absolute atomic E-state index is 5.94. The van der Waals surface area contributed by atoms with Gasteiger partial charge in [-0.25, -0.2) is 9.97 Å². The number of hydrogen-bond donors (Lipinski definition) is 1. The largest absolute Gasteiger partial charge is 0.478 e. The van der Waals surface area contributed by atoms with Gasteiger partial charge in [0, 0.05) is 25.2 Å². The Balaban J connectivity index is 2.09. The summed E-state index contributed by atoms with van der Waals surface area (Å²) in [6.07, 6.45) is 3.76. The Labute approximate surface area is 95.6 Å². The zero-order valence-corrected chi connectivity index (χ0v) is 9.59. The van der Waals surface area contributed by atoms with Gasteiger partial charge in [-0.3, -0.25) is 0 Å². The highest BCUT2D eigenvalue weighted by Gasteiger charge is 2.18. The van der Waals surface area contributed by atoms with E-state index in [9.17, 15) is 0 Å². The maximum atomic E-state index is 5.94. The molecule has 1 aromatic rings. The van der Waals surface area contributed by atoms with Crippen molar-refractivity contribution in [2.45, 2.75) is 25.8 Å². The molecule has 1 aromatic heterocycles. The molecule has 1 fully saturated rings. The molecule has 2 rings (SSSR count). The van der Waals surface area contributed by atoms with E-state index < -0.39 is 0 Å². The van der Waals surface area contributed by atoms with Crippen molar-refractivity contribution >= 4 is 5.82 Å². The molecule has 0 saturated carbocycles. The average molecular weight is 222 g/mol. The van der Waals surface area contributed by atoms with E-state index in [2.05, 4.69) is 14.9 Å². The minimum atomic E-state index is 0.249. The molecule has 1 saturated heterocycles. The summed E-state index contributed by atoms with van der Waals surface area (Å²) in [5.74, 6) is 1.54. The molecule has 5 heteroatoms. The predicted molar refractivity (Wildman–Crippen MR) is 62.6 cm³/mol. The van der Waals surface area contributed by atoms with Crippen molar-refractivity contribution in [1.82, 2.24) is 9.97 Å². The molecule has 2 N–H and O–H groups in total. The van der Waals surface area contributed by atoms with E-state index in [1.165, 1.54) is 0 Å². The molecule has 0 aromatic carbocycles. The zero-order chi connectivity index (χ0) is 11.4. The molecule has 5 nitrogen and oxygen atoms in total. The Bertz CT molecular complexity index is 345. The van der Waals surface area contributed by atoms with E-state index in [0.717, 1.165) is 31.7 Å². The number of aromatic nitrogens is 2. The summed E-state index contributed by atoms with van der Waals surface area (Å²) in [7, 11) is 0. The molecule has 1 aliphatic rings. The topological polar surface area (TPSA) is 64.3 Å². The number of rotatable bonds is 3. The molecule has 0 unspecified atom stereocenters. The zero-order valence-electron chi connectivity index (χ0n) is 9.59. The van der Waals surface area contributed by atoms with Crippen LogP contribution in [0.1, 0.15) is 19.8 Å². The van der Waals surface area contributed by atoms with Gasteiger partial charge in [0.25, 0.3) is 0 Å². The van der Waals surface area contributed by atoms with Gasteiger partial charge in [0.15, 0.2) is 0 Å². The third-order valence-electron chi connectivity index (χ3n) is 2.70. The van der Waals surface area contributed by atoms with Gasteiger partial charge in [-0.1, -0.05) is 0 Å². The second-order valence-electron chi connectivity index (χ2n) is 4.00. The van der Waals surface area contributed by atoms with Crippen molar-refractivity contribution in [2.75, 3.05) is 24.6 Å². The smallest absolute Gasteiger partial charge is 0.218 e. The summed E-state index contributed by atoms with van der Waals surface area (Å²) in [6.45, 7) is 4.44. The van der Waals surface area contributed by atoms with Crippen LogP contribution in [0, 0.1) is 0 Å². The minimum Gasteiger partial charge on any atom is -0.478 e. The lowest BCUT2D eigenvalue weighted by Gasteiger charge is -2.31. The van der Waals surface area contributed by atoms with Crippen LogP contribution in [-0.4, -0.2) is 35.7 Å². The summed E-state index contributed by atoms with van der Waals surface area (Å²) >= 11 is 0. The molecule has 0 bridgehead atoms. The fourth-order valence-corrected chi connectivity index (χ4v) is 1.95. The van der Waals surface area contributed by atoms with Crippen LogP contribution < -0.4 is 15.4 Å². The summed E-state index contributed by atoms with van der Waals surface area (Å²) in [5, 5.41) is 0. The quantitative estimate of drug-likeness (QED) is 0.819. The number of ether oxygens (including phenoxy) is 1. The van der Waals surface area contributed by atoms with Crippen molar-refractivity contribution in [3.05, 3.63) is 12.4 Å². The first-order valence-corrected chi connectivity index (χ1v) is 5.75. The van der Waals surface area contributed by atoms with Gasteiger partial charge in [0.2, 0.25) is 5.88 Å². The Morgan fingerprint density at radius 1 is 1.56 bits per heavy atom. The SMILES string of the molecule is CCOc1cc(N2CCC[C@H](N)C2)ncn1. The minimum absolute atomic E-state index is 0.249. The second-order valence-corrected chi connectivity index (χ2v) is 4.00. The van der Waals surface area contributed by atoms with Gasteiger partial charge < -0.3 is 15.4 Å². The normalized spacial score (nSPS) is 20.9. The third-order valence-corrected chi connectivity index (χ3v) is 2.70. The number of anilines is 1. The van der Waals surface area contributed by atoms with Gasteiger partial charge >= 0.3 is 0 Å². The molecule has 0 amide bonds. The molecule has 2 heterocycles. The van der Waals surface area contributed by atoms with Crippen LogP contribution in [0.2, 0.25) is 0 Å². The maximum Gasteiger partial charge on any atom is 0.218 e. The van der Waals surface area contributed by atoms with Gasteiger partial charge in [0.05, 0.1) is 6.61 Å². The summed E-state index contributed by atoms with van der Waals surface area (Å²) in [6, 6.07) is 2.13. The lowest BCUT2D eigenvalue weighted by atomic mass is 10.1. The number of piperidine rings is 1. The average Bonchev–Trinajstić information content (AvgIpc) is 2.30. The molecule has 0 aliphatic carbocycles. The molecular weight excluding hydrogens is 204 g/mol. The van der Waals surface area contributed by atoms with Crippen molar-refractivity contribution < 1.29 is 4.74 Å². The van der Waals surface area contributed by atoms with Crippen LogP contribution in [0.5, 0.6) is 5.88 Å². The highest BCUT2D eigenvalue weighted by atomic mass is 16.5. The monoisotopic (exact) mass is 222 g/mol. The van der Waals surface area contributed by atoms with E-state index >= 15 is 0 Å². The summed E-state index contributed by atoms with van der Waals surface area (Å²) in [4.78, 5) is 10.5. The van der Waals surface area contributed by atoms with Crippen LogP contribution in [-0.2, 0) is 0 Å². The van der Waals surface area contributed by atoms with E-state index in [4.69, 9.17) is 10.5 Å². The fourth-order valence-electron chi connectivity index (χ4n) is 1.95. The van der Waals surface area contributed by atoms with E-state index in [-0.39, 0.29) is 6.04 Å². The van der Waals surface area contributed by atoms with Gasteiger partial charge in [-0.05, 0) is 19.8 Å². The molecule has 88 valence electrons. The van der Waals surface area contributed by atoms with Crippen molar-refractivity contribution in [3.8, 4) is 5.88 Å².